The summed E-state index contributed by atoms with van der Waals surface area (Å²) in [7, 11) is 1.36. The lowest BCUT2D eigenvalue weighted by Crippen LogP contribution is -2.55. The number of amides is 2. The maximum Gasteiger partial charge on any atom is 0.406 e. The number of nitrogens with zero attached hydrogens (tertiary/aromatic N) is 3. The van der Waals surface area contributed by atoms with Crippen molar-refractivity contribution in [3.8, 4) is 0 Å². The lowest BCUT2D eigenvalue weighted by Gasteiger charge is -2.36. The Balaban J connectivity index is 1.45. The van der Waals surface area contributed by atoms with Crippen molar-refractivity contribution in [1.29, 1.82) is 0 Å². The highest BCUT2D eigenvalue weighted by molar-refractivity contribution is 8.09. The van der Waals surface area contributed by atoms with Gasteiger partial charge in [0, 0.05) is 54.2 Å². The van der Waals surface area contributed by atoms with Crippen molar-refractivity contribution in [1.82, 2.24) is 30.8 Å². The van der Waals surface area contributed by atoms with Crippen molar-refractivity contribution in [3.63, 3.8) is 0 Å². The van der Waals surface area contributed by atoms with Gasteiger partial charge in [0.2, 0.25) is 0 Å². The van der Waals surface area contributed by atoms with Crippen LogP contribution in [-0.2, 0) is 14.3 Å². The second kappa shape index (κ2) is 11.2. The molecule has 3 N–H and O–H groups in total. The van der Waals surface area contributed by atoms with Crippen molar-refractivity contribution >= 4 is 28.7 Å². The molecule has 0 bridgehead atoms. The van der Waals surface area contributed by atoms with E-state index in [0.717, 1.165) is 48.4 Å². The number of ether oxygens (including phenoxy) is 2. The van der Waals surface area contributed by atoms with Gasteiger partial charge in [-0.3, -0.25) is 4.79 Å². The highest BCUT2D eigenvalue weighted by Crippen LogP contribution is 2.43. The molecule has 11 heteroatoms. The first-order chi connectivity index (χ1) is 16.1. The van der Waals surface area contributed by atoms with Crippen LogP contribution in [0.4, 0.5) is 4.79 Å². The van der Waals surface area contributed by atoms with E-state index in [1.807, 2.05) is 17.3 Å². The molecule has 1 aliphatic carbocycles. The Morgan fingerprint density at radius 3 is 2.82 bits per heavy atom. The summed E-state index contributed by atoms with van der Waals surface area (Å²) in [6.45, 7) is 4.52. The minimum absolute atomic E-state index is 0.00451. The molecular weight excluding hydrogens is 444 g/mol. The number of hydrogen-bond donors (Lipinski definition) is 3. The van der Waals surface area contributed by atoms with Crippen LogP contribution in [0.5, 0.6) is 0 Å². The van der Waals surface area contributed by atoms with Crippen LogP contribution in [-0.4, -0.2) is 83.8 Å². The van der Waals surface area contributed by atoms with Gasteiger partial charge in [-0.25, -0.2) is 14.8 Å². The van der Waals surface area contributed by atoms with E-state index in [-0.39, 0.29) is 23.4 Å². The minimum Gasteiger partial charge on any atom is -0.453 e. The standard InChI is InChI=1S/C22H32N6O4S/c1-14(28(16-5-6-16)21(29)18-12-23-8-9-32-18)20-27-17(4-3-7-26-22(30)31-2)19(33-20)15-10-24-13-25-11-15/h10-11,13-14,16,18,20,23,27H,3-9,12H2,1-2H3,(H,26,30)/t14-,18-,20?/m1/s1. The van der Waals surface area contributed by atoms with Crippen molar-refractivity contribution in [2.24, 2.45) is 0 Å². The molecule has 1 aromatic heterocycles. The summed E-state index contributed by atoms with van der Waals surface area (Å²) in [5.41, 5.74) is 2.03. The maximum atomic E-state index is 13.4. The van der Waals surface area contributed by atoms with Gasteiger partial charge in [-0.05, 0) is 32.6 Å². The predicted molar refractivity (Wildman–Crippen MR) is 125 cm³/mol. The molecule has 0 aromatic carbocycles. The van der Waals surface area contributed by atoms with Crippen LogP contribution < -0.4 is 16.0 Å². The van der Waals surface area contributed by atoms with Crippen LogP contribution in [0.2, 0.25) is 0 Å². The molecule has 1 saturated heterocycles. The summed E-state index contributed by atoms with van der Waals surface area (Å²) in [6.07, 6.45) is 7.85. The van der Waals surface area contributed by atoms with Gasteiger partial charge in [0.05, 0.1) is 25.1 Å². The van der Waals surface area contributed by atoms with E-state index in [9.17, 15) is 9.59 Å². The SMILES string of the molecule is COC(=O)NCCCC1=C(c2cncnc2)SC([C@@H](C)N(C(=O)[C@H]2CNCCO2)C2CC2)N1. The number of nitrogens with one attached hydrogen (secondary N) is 3. The zero-order valence-corrected chi connectivity index (χ0v) is 19.9. The Hall–Kier alpha value is -2.37. The van der Waals surface area contributed by atoms with E-state index in [1.54, 1.807) is 11.8 Å². The van der Waals surface area contributed by atoms with Crippen LogP contribution in [0.15, 0.2) is 24.4 Å². The third-order valence-corrected chi connectivity index (χ3v) is 7.47. The average molecular weight is 477 g/mol. The molecule has 2 fully saturated rings. The quantitative estimate of drug-likeness (QED) is 0.454. The highest BCUT2D eigenvalue weighted by atomic mass is 32.2. The molecule has 0 spiro atoms. The molecule has 33 heavy (non-hydrogen) atoms. The Bertz CT molecular complexity index is 860. The van der Waals surface area contributed by atoms with Crippen molar-refractivity contribution < 1.29 is 19.1 Å². The topological polar surface area (TPSA) is 118 Å². The number of morpholine rings is 1. The second-order valence-electron chi connectivity index (χ2n) is 8.42. The zero-order valence-electron chi connectivity index (χ0n) is 19.1. The van der Waals surface area contributed by atoms with E-state index < -0.39 is 12.2 Å². The summed E-state index contributed by atoms with van der Waals surface area (Å²) in [6, 6.07) is 0.253. The van der Waals surface area contributed by atoms with Crippen LogP contribution in [0.25, 0.3) is 4.91 Å². The lowest BCUT2D eigenvalue weighted by molar-refractivity contribution is -0.148. The Labute approximate surface area is 198 Å². The van der Waals surface area contributed by atoms with Gasteiger partial charge in [0.25, 0.3) is 5.91 Å². The molecule has 1 aromatic rings. The number of rotatable bonds is 9. The first-order valence-electron chi connectivity index (χ1n) is 11.5. The van der Waals surface area contributed by atoms with Crippen LogP contribution in [0.3, 0.4) is 0 Å². The molecule has 4 rings (SSSR count). The van der Waals surface area contributed by atoms with Gasteiger partial charge in [-0.1, -0.05) is 11.8 Å². The highest BCUT2D eigenvalue weighted by Gasteiger charge is 2.43. The molecule has 180 valence electrons. The largest absolute Gasteiger partial charge is 0.453 e. The number of thioether (sulfide) groups is 1. The van der Waals surface area contributed by atoms with Gasteiger partial charge >= 0.3 is 6.09 Å². The van der Waals surface area contributed by atoms with Gasteiger partial charge in [0.1, 0.15) is 12.4 Å². The monoisotopic (exact) mass is 476 g/mol. The molecule has 1 unspecified atom stereocenters. The summed E-state index contributed by atoms with van der Waals surface area (Å²) in [5, 5.41) is 9.64. The number of aromatic nitrogens is 2. The normalized spacial score (nSPS) is 23.6. The molecule has 10 nitrogen and oxygen atoms in total. The van der Waals surface area contributed by atoms with E-state index in [0.29, 0.717) is 19.7 Å². The number of carbonyl (C=O) groups excluding carboxylic acids is 2. The van der Waals surface area contributed by atoms with Gasteiger partial charge in [0.15, 0.2) is 0 Å². The fourth-order valence-corrected chi connectivity index (χ4v) is 5.49. The number of carbonyl (C=O) groups is 2. The van der Waals surface area contributed by atoms with E-state index in [2.05, 4.69) is 37.6 Å². The fourth-order valence-electron chi connectivity index (χ4n) is 4.16. The molecule has 3 heterocycles. The molecule has 0 radical (unpaired) electrons. The molecule has 2 aliphatic heterocycles. The molecule has 3 aliphatic rings. The van der Waals surface area contributed by atoms with Gasteiger partial charge in [-0.2, -0.15) is 0 Å². The van der Waals surface area contributed by atoms with Gasteiger partial charge < -0.3 is 30.3 Å². The Kier molecular flexibility index (Phi) is 8.05. The average Bonchev–Trinajstić information content (AvgIpc) is 3.60. The lowest BCUT2D eigenvalue weighted by atomic mass is 10.1. The van der Waals surface area contributed by atoms with Crippen molar-refractivity contribution in [2.45, 2.75) is 56.2 Å². The Morgan fingerprint density at radius 2 is 2.15 bits per heavy atom. The fraction of sp³-hybridized carbons (Fsp3) is 0.636. The summed E-state index contributed by atoms with van der Waals surface area (Å²) >= 11 is 1.71. The first-order valence-corrected chi connectivity index (χ1v) is 12.3. The van der Waals surface area contributed by atoms with Crippen LogP contribution >= 0.6 is 11.8 Å². The third-order valence-electron chi connectivity index (χ3n) is 5.99. The predicted octanol–water partition coefficient (Wildman–Crippen LogP) is 1.31. The molecule has 3 atom stereocenters. The van der Waals surface area contributed by atoms with E-state index in [1.165, 1.54) is 13.4 Å². The Morgan fingerprint density at radius 1 is 1.36 bits per heavy atom. The number of alkyl carbamates (subject to hydrolysis) is 1. The van der Waals surface area contributed by atoms with Crippen molar-refractivity contribution in [3.05, 3.63) is 30.0 Å². The van der Waals surface area contributed by atoms with Gasteiger partial charge in [-0.15, -0.1) is 0 Å². The first kappa shape index (κ1) is 23.8. The zero-order chi connectivity index (χ0) is 23.2. The summed E-state index contributed by atoms with van der Waals surface area (Å²) in [5.74, 6) is 0.0694. The van der Waals surface area contributed by atoms with Crippen molar-refractivity contribution in [2.75, 3.05) is 33.4 Å². The smallest absolute Gasteiger partial charge is 0.406 e. The minimum atomic E-state index is -0.432. The molecule has 2 amide bonds. The number of hydrogen-bond acceptors (Lipinski definition) is 9. The molecule has 1 saturated carbocycles. The second-order valence-corrected chi connectivity index (χ2v) is 9.57. The number of methoxy groups -OCH3 is 1. The van der Waals surface area contributed by atoms with E-state index >= 15 is 0 Å². The van der Waals surface area contributed by atoms with Crippen LogP contribution in [0, 0.1) is 0 Å². The number of allylic oxidation sites excluding steroid dienone is 1. The molecular formula is C22H32N6O4S. The summed E-state index contributed by atoms with van der Waals surface area (Å²) in [4.78, 5) is 36.2. The maximum absolute atomic E-state index is 13.4. The third kappa shape index (κ3) is 5.96. The van der Waals surface area contributed by atoms with Crippen LogP contribution in [0.1, 0.15) is 38.2 Å². The van der Waals surface area contributed by atoms with E-state index in [4.69, 9.17) is 4.74 Å². The summed E-state index contributed by atoms with van der Waals surface area (Å²) < 4.78 is 10.4.